The van der Waals surface area contributed by atoms with Gasteiger partial charge >= 0.3 is 13.7 Å². The SMILES string of the molecule is COc1ccc(OP(=O)(NC(C)(C)C(=O)OCc2ccccc2)O[C@H]2[C@H](O)[C@@H](NC(C)=O)[C@@H](O)O[C@@H]2CO)cc1. The maximum Gasteiger partial charge on any atom is 0.460 e. The van der Waals surface area contributed by atoms with Gasteiger partial charge in [-0.25, -0.2) is 4.57 Å². The van der Waals surface area contributed by atoms with E-state index in [0.717, 1.165) is 12.5 Å². The monoisotopic (exact) mass is 582 g/mol. The molecule has 6 atom stereocenters. The van der Waals surface area contributed by atoms with Gasteiger partial charge < -0.3 is 39.4 Å². The minimum absolute atomic E-state index is 0.0483. The van der Waals surface area contributed by atoms with Crippen LogP contribution in [-0.2, 0) is 34.8 Å². The van der Waals surface area contributed by atoms with Crippen LogP contribution in [0.4, 0.5) is 0 Å². The van der Waals surface area contributed by atoms with Crippen LogP contribution in [0.3, 0.4) is 0 Å². The Bertz CT molecular complexity index is 1180. The minimum Gasteiger partial charge on any atom is -0.497 e. The molecule has 14 heteroatoms. The third-order valence-electron chi connectivity index (χ3n) is 5.93. The van der Waals surface area contributed by atoms with Gasteiger partial charge in [0.15, 0.2) is 6.29 Å². The van der Waals surface area contributed by atoms with Gasteiger partial charge in [-0.15, -0.1) is 0 Å². The van der Waals surface area contributed by atoms with Crippen LogP contribution in [0.5, 0.6) is 11.5 Å². The Kier molecular flexibility index (Phi) is 10.7. The van der Waals surface area contributed by atoms with Crippen LogP contribution in [0.15, 0.2) is 54.6 Å². The summed E-state index contributed by atoms with van der Waals surface area (Å²) >= 11 is 0. The Labute approximate surface area is 231 Å². The zero-order chi connectivity index (χ0) is 29.5. The van der Waals surface area contributed by atoms with Crippen molar-refractivity contribution >= 4 is 19.6 Å². The molecule has 0 spiro atoms. The molecule has 3 rings (SSSR count). The fourth-order valence-corrected chi connectivity index (χ4v) is 5.80. The normalized spacial score (nSPS) is 24.4. The van der Waals surface area contributed by atoms with Crippen molar-refractivity contribution in [3.63, 3.8) is 0 Å². The second kappa shape index (κ2) is 13.6. The molecule has 1 fully saturated rings. The number of rotatable bonds is 12. The number of carbonyl (C=O) groups is 2. The number of benzene rings is 2. The fourth-order valence-electron chi connectivity index (χ4n) is 3.90. The lowest BCUT2D eigenvalue weighted by molar-refractivity contribution is -0.249. The lowest BCUT2D eigenvalue weighted by atomic mass is 9.97. The molecule has 2 aromatic rings. The van der Waals surface area contributed by atoms with Gasteiger partial charge in [0.2, 0.25) is 5.91 Å². The van der Waals surface area contributed by atoms with Crippen LogP contribution in [0.2, 0.25) is 0 Å². The molecule has 2 aromatic carbocycles. The first-order valence-electron chi connectivity index (χ1n) is 12.4. The molecule has 1 unspecified atom stereocenters. The van der Waals surface area contributed by atoms with E-state index in [1.807, 2.05) is 6.07 Å². The Balaban J connectivity index is 1.89. The summed E-state index contributed by atoms with van der Waals surface area (Å²) in [5, 5.41) is 36.0. The van der Waals surface area contributed by atoms with Gasteiger partial charge in [-0.05, 0) is 43.7 Å². The van der Waals surface area contributed by atoms with E-state index < -0.39 is 62.4 Å². The number of hydrogen-bond donors (Lipinski definition) is 5. The molecule has 1 aliphatic heterocycles. The second-order valence-electron chi connectivity index (χ2n) is 9.60. The first kappa shape index (κ1) is 31.5. The van der Waals surface area contributed by atoms with Crippen molar-refractivity contribution in [1.82, 2.24) is 10.4 Å². The number of ether oxygens (including phenoxy) is 3. The van der Waals surface area contributed by atoms with Gasteiger partial charge in [-0.3, -0.25) is 14.1 Å². The molecule has 13 nitrogen and oxygen atoms in total. The van der Waals surface area contributed by atoms with E-state index in [9.17, 15) is 29.5 Å². The third-order valence-corrected chi connectivity index (χ3v) is 7.73. The topological polar surface area (TPSA) is 182 Å². The summed E-state index contributed by atoms with van der Waals surface area (Å²) in [7, 11) is -3.14. The summed E-state index contributed by atoms with van der Waals surface area (Å²) in [4.78, 5) is 24.7. The molecule has 1 amide bonds. The van der Waals surface area contributed by atoms with Crippen LogP contribution < -0.4 is 19.7 Å². The summed E-state index contributed by atoms with van der Waals surface area (Å²) in [5.74, 6) is -0.838. The second-order valence-corrected chi connectivity index (χ2v) is 11.2. The van der Waals surface area contributed by atoms with Crippen molar-refractivity contribution in [3.05, 3.63) is 60.2 Å². The van der Waals surface area contributed by atoms with E-state index >= 15 is 0 Å². The number of aliphatic hydroxyl groups is 3. The predicted molar refractivity (Wildman–Crippen MR) is 141 cm³/mol. The first-order valence-corrected chi connectivity index (χ1v) is 13.9. The lowest BCUT2D eigenvalue weighted by Crippen LogP contribution is -2.64. The molecule has 1 heterocycles. The van der Waals surface area contributed by atoms with Crippen molar-refractivity contribution in [2.24, 2.45) is 0 Å². The number of hydrogen-bond acceptors (Lipinski definition) is 11. The minimum atomic E-state index is -4.61. The van der Waals surface area contributed by atoms with E-state index in [1.165, 1.54) is 45.2 Å². The molecule has 0 bridgehead atoms. The van der Waals surface area contributed by atoms with Crippen molar-refractivity contribution in [3.8, 4) is 11.5 Å². The molecule has 40 heavy (non-hydrogen) atoms. The van der Waals surface area contributed by atoms with Crippen LogP contribution >= 0.6 is 7.75 Å². The summed E-state index contributed by atoms with van der Waals surface area (Å²) in [5.41, 5.74) is -0.918. The molecule has 1 saturated heterocycles. The highest BCUT2D eigenvalue weighted by Crippen LogP contribution is 2.49. The van der Waals surface area contributed by atoms with Gasteiger partial charge in [0, 0.05) is 6.92 Å². The predicted octanol–water partition coefficient (Wildman–Crippen LogP) is 1.25. The summed E-state index contributed by atoms with van der Waals surface area (Å²) in [6, 6.07) is 13.5. The zero-order valence-electron chi connectivity index (χ0n) is 22.6. The van der Waals surface area contributed by atoms with Crippen LogP contribution in [0, 0.1) is 0 Å². The van der Waals surface area contributed by atoms with E-state index in [1.54, 1.807) is 24.3 Å². The number of carbonyl (C=O) groups excluding carboxylic acids is 2. The van der Waals surface area contributed by atoms with E-state index in [-0.39, 0.29) is 12.4 Å². The highest BCUT2D eigenvalue weighted by atomic mass is 31.2. The van der Waals surface area contributed by atoms with Crippen LogP contribution in [-0.4, -0.2) is 77.1 Å². The number of amides is 1. The number of esters is 1. The van der Waals surface area contributed by atoms with Gasteiger partial charge in [0.05, 0.1) is 13.7 Å². The molecule has 5 N–H and O–H groups in total. The molecule has 0 aromatic heterocycles. The highest BCUT2D eigenvalue weighted by molar-refractivity contribution is 7.52. The average Bonchev–Trinajstić information content (AvgIpc) is 2.91. The molecular weight excluding hydrogens is 547 g/mol. The standard InChI is InChI=1S/C26H35N2O11P/c1-16(30)27-21-22(31)23(20(14-29)37-24(21)32)39-40(34,38-19-12-10-18(35-4)11-13-19)28-26(2,3)25(33)36-15-17-8-6-5-7-9-17/h5-13,20-24,29,31-32H,14-15H2,1-4H3,(H,27,30)(H,28,34)/t20-,21-,22-,23-,24+,40?/m1/s1. The van der Waals surface area contributed by atoms with E-state index in [0.29, 0.717) is 5.75 Å². The van der Waals surface area contributed by atoms with Crippen molar-refractivity contribution in [2.45, 2.75) is 63.6 Å². The maximum absolute atomic E-state index is 14.2. The molecular formula is C26H35N2O11P. The Morgan fingerprint density at radius 2 is 1.68 bits per heavy atom. The third kappa shape index (κ3) is 8.24. The van der Waals surface area contributed by atoms with Crippen LogP contribution in [0.25, 0.3) is 0 Å². The molecule has 0 aliphatic carbocycles. The molecule has 1 aliphatic rings. The smallest absolute Gasteiger partial charge is 0.460 e. The Morgan fingerprint density at radius 3 is 2.25 bits per heavy atom. The highest BCUT2D eigenvalue weighted by Gasteiger charge is 2.51. The fraction of sp³-hybridized carbons (Fsp3) is 0.462. The molecule has 0 saturated carbocycles. The largest absolute Gasteiger partial charge is 0.497 e. The lowest BCUT2D eigenvalue weighted by Gasteiger charge is -2.43. The van der Waals surface area contributed by atoms with Gasteiger partial charge in [-0.1, -0.05) is 30.3 Å². The Morgan fingerprint density at radius 1 is 1.05 bits per heavy atom. The zero-order valence-corrected chi connectivity index (χ0v) is 23.4. The van der Waals surface area contributed by atoms with Gasteiger partial charge in [0.25, 0.3) is 0 Å². The van der Waals surface area contributed by atoms with Gasteiger partial charge in [-0.2, -0.15) is 5.09 Å². The summed E-state index contributed by atoms with van der Waals surface area (Å²) < 4.78 is 41.5. The first-order chi connectivity index (χ1) is 18.9. The summed E-state index contributed by atoms with van der Waals surface area (Å²) in [6.45, 7) is 3.16. The summed E-state index contributed by atoms with van der Waals surface area (Å²) in [6.07, 6.45) is -6.36. The van der Waals surface area contributed by atoms with Gasteiger partial charge in [0.1, 0.15) is 48.0 Å². The van der Waals surface area contributed by atoms with Crippen molar-refractivity contribution < 1.29 is 52.7 Å². The maximum atomic E-state index is 14.2. The Hall–Kier alpha value is -3.03. The van der Waals surface area contributed by atoms with E-state index in [4.69, 9.17) is 23.3 Å². The van der Waals surface area contributed by atoms with E-state index in [2.05, 4.69) is 10.4 Å². The number of methoxy groups -OCH3 is 1. The molecule has 220 valence electrons. The van der Waals surface area contributed by atoms with Crippen molar-refractivity contribution in [2.75, 3.05) is 13.7 Å². The molecule has 0 radical (unpaired) electrons. The average molecular weight is 583 g/mol. The number of aliphatic hydroxyl groups excluding tert-OH is 3. The van der Waals surface area contributed by atoms with Crippen LogP contribution in [0.1, 0.15) is 26.3 Å². The number of nitrogens with one attached hydrogen (secondary N) is 2. The quantitative estimate of drug-likeness (QED) is 0.179. The van der Waals surface area contributed by atoms with Crippen molar-refractivity contribution in [1.29, 1.82) is 0 Å².